The molecule has 238 valence electrons. The molecule has 0 N–H and O–H groups in total. The molecule has 0 unspecified atom stereocenters. The van der Waals surface area contributed by atoms with Crippen molar-refractivity contribution >= 4 is 55.5 Å². The molecule has 0 fully saturated rings. The largest absolute Gasteiger partial charge is 0.726 e. The number of thioether (sulfide) groups is 1. The standard InChI is InChI=1S/C33H27F2N2S2.C2H6O4S/c1-3-36-28-18-12-24(22-8-14-26(34)15-9-22)20-30(28)38-32(36)6-5-7-33-37(4-2)29-19-13-25(21-31(29)39-33)23-10-16-27(35)17-11-23;1-2-6-7(3,4)5/h5-21H,3-4H2,1-2H3;2H2,1H3,(H,3,4,5)/q+1;/p-1. The molecule has 0 saturated carbocycles. The Bertz CT molecular complexity index is 2010. The van der Waals surface area contributed by atoms with E-state index in [1.165, 1.54) is 62.0 Å². The first kappa shape index (κ1) is 33.5. The van der Waals surface area contributed by atoms with Crippen LogP contribution in [0.25, 0.3) is 38.5 Å². The molecule has 4 aromatic carbocycles. The van der Waals surface area contributed by atoms with Gasteiger partial charge in [0, 0.05) is 23.6 Å². The molecule has 0 spiro atoms. The summed E-state index contributed by atoms with van der Waals surface area (Å²) >= 11 is 3.53. The summed E-state index contributed by atoms with van der Waals surface area (Å²) in [7, 11) is -4.42. The Morgan fingerprint density at radius 3 is 1.98 bits per heavy atom. The number of nitrogens with zero attached hydrogens (tertiary/aromatic N) is 2. The quantitative estimate of drug-likeness (QED) is 0.0928. The summed E-state index contributed by atoms with van der Waals surface area (Å²) < 4.78 is 62.3. The first-order chi connectivity index (χ1) is 22.1. The van der Waals surface area contributed by atoms with E-state index in [2.05, 4.69) is 82.1 Å². The minimum Gasteiger partial charge on any atom is -0.726 e. The molecule has 0 atom stereocenters. The summed E-state index contributed by atoms with van der Waals surface area (Å²) in [5, 5.41) is 2.37. The first-order valence-electron chi connectivity index (χ1n) is 14.7. The molecule has 0 bridgehead atoms. The van der Waals surface area contributed by atoms with E-state index < -0.39 is 10.4 Å². The number of hydrogen-bond acceptors (Lipinski definition) is 7. The van der Waals surface area contributed by atoms with E-state index in [0.717, 1.165) is 35.3 Å². The van der Waals surface area contributed by atoms with E-state index in [-0.39, 0.29) is 18.2 Å². The molecule has 1 aliphatic rings. The zero-order valence-electron chi connectivity index (χ0n) is 25.4. The number of benzene rings is 4. The van der Waals surface area contributed by atoms with E-state index in [4.69, 9.17) is 0 Å². The summed E-state index contributed by atoms with van der Waals surface area (Å²) in [5.41, 5.74) is 6.60. The van der Waals surface area contributed by atoms with E-state index in [0.29, 0.717) is 0 Å². The second kappa shape index (κ2) is 14.7. The summed E-state index contributed by atoms with van der Waals surface area (Å²) in [5.74, 6) is -0.445. The second-order valence-electron chi connectivity index (χ2n) is 10.1. The number of fused-ring (bicyclic) bond motifs is 2. The minimum absolute atomic E-state index is 0.0914. The van der Waals surface area contributed by atoms with Gasteiger partial charge in [-0.1, -0.05) is 59.5 Å². The normalized spacial score (nSPS) is 13.8. The molecule has 11 heteroatoms. The number of aryl methyl sites for hydroxylation is 1. The number of thiazole rings is 1. The van der Waals surface area contributed by atoms with E-state index >= 15 is 0 Å². The van der Waals surface area contributed by atoms with Crippen molar-refractivity contribution in [3.05, 3.63) is 119 Å². The lowest BCUT2D eigenvalue weighted by molar-refractivity contribution is -0.665. The fourth-order valence-electron chi connectivity index (χ4n) is 5.11. The molecular formula is C35H32F2N2O4S3. The molecule has 1 aliphatic heterocycles. The number of allylic oxidation sites excluding steroid dienone is 2. The van der Waals surface area contributed by atoms with Crippen molar-refractivity contribution in [1.29, 1.82) is 0 Å². The van der Waals surface area contributed by atoms with Crippen molar-refractivity contribution in [2.45, 2.75) is 32.2 Å². The van der Waals surface area contributed by atoms with Gasteiger partial charge in [0.25, 0.3) is 5.01 Å². The van der Waals surface area contributed by atoms with Gasteiger partial charge >= 0.3 is 0 Å². The summed E-state index contributed by atoms with van der Waals surface area (Å²) in [6.07, 6.45) is 6.50. The Morgan fingerprint density at radius 2 is 1.43 bits per heavy atom. The molecule has 1 aromatic heterocycles. The van der Waals surface area contributed by atoms with Crippen molar-refractivity contribution in [2.75, 3.05) is 18.1 Å². The molecule has 6 nitrogen and oxygen atoms in total. The zero-order valence-corrected chi connectivity index (χ0v) is 27.9. The van der Waals surface area contributed by atoms with Crippen molar-refractivity contribution < 1.29 is 30.5 Å². The van der Waals surface area contributed by atoms with Gasteiger partial charge in [-0.2, -0.15) is 4.57 Å². The molecule has 6 rings (SSSR count). The van der Waals surface area contributed by atoms with Gasteiger partial charge in [-0.25, -0.2) is 17.2 Å². The maximum Gasteiger partial charge on any atom is 0.262 e. The average Bonchev–Trinajstić information content (AvgIpc) is 3.57. The fourth-order valence-corrected chi connectivity index (χ4v) is 7.76. The van der Waals surface area contributed by atoms with Crippen LogP contribution in [0.4, 0.5) is 14.5 Å². The highest BCUT2D eigenvalue weighted by atomic mass is 32.3. The lowest BCUT2D eigenvalue weighted by Gasteiger charge is -2.17. The van der Waals surface area contributed by atoms with Crippen molar-refractivity contribution in [1.82, 2.24) is 0 Å². The zero-order chi connectivity index (χ0) is 32.8. The predicted molar refractivity (Wildman–Crippen MR) is 182 cm³/mol. The van der Waals surface area contributed by atoms with E-state index in [1.807, 2.05) is 24.3 Å². The smallest absolute Gasteiger partial charge is 0.262 e. The van der Waals surface area contributed by atoms with Crippen LogP contribution in [-0.2, 0) is 21.1 Å². The van der Waals surface area contributed by atoms with Crippen LogP contribution in [0.2, 0.25) is 0 Å². The van der Waals surface area contributed by atoms with Gasteiger partial charge in [0.05, 0.1) is 17.3 Å². The van der Waals surface area contributed by atoms with Gasteiger partial charge < -0.3 is 9.45 Å². The fraction of sp³-hybridized carbons (Fsp3) is 0.171. The topological polar surface area (TPSA) is 73.5 Å². The number of halogens is 2. The monoisotopic (exact) mass is 678 g/mol. The lowest BCUT2D eigenvalue weighted by atomic mass is 10.1. The van der Waals surface area contributed by atoms with Crippen LogP contribution in [0.5, 0.6) is 0 Å². The van der Waals surface area contributed by atoms with Gasteiger partial charge in [0.2, 0.25) is 15.9 Å². The molecule has 0 amide bonds. The second-order valence-corrected chi connectivity index (χ2v) is 13.3. The number of rotatable bonds is 8. The van der Waals surface area contributed by atoms with Crippen LogP contribution in [0.15, 0.2) is 107 Å². The maximum absolute atomic E-state index is 13.4. The highest BCUT2D eigenvalue weighted by Gasteiger charge is 2.24. The number of anilines is 1. The summed E-state index contributed by atoms with van der Waals surface area (Å²) in [6.45, 7) is 7.41. The first-order valence-corrected chi connectivity index (χ1v) is 17.6. The Kier molecular flexibility index (Phi) is 10.7. The van der Waals surface area contributed by atoms with E-state index in [1.54, 1.807) is 23.1 Å². The SMILES string of the molecule is CCN1C(=CC=Cc2sc3cc(-c4ccc(F)cc4)ccc3[n+]2CC)Sc2cc(-c3ccc(F)cc3)ccc21.CCOS(=O)(=O)[O-]. The molecule has 0 aliphatic carbocycles. The highest BCUT2D eigenvalue weighted by molar-refractivity contribution is 8.03. The molecular weight excluding hydrogens is 647 g/mol. The van der Waals surface area contributed by atoms with Crippen LogP contribution in [0.1, 0.15) is 25.8 Å². The third-order valence-electron chi connectivity index (χ3n) is 7.19. The predicted octanol–water partition coefficient (Wildman–Crippen LogP) is 8.79. The lowest BCUT2D eigenvalue weighted by Crippen LogP contribution is -2.33. The Morgan fingerprint density at radius 1 is 0.848 bits per heavy atom. The van der Waals surface area contributed by atoms with Crippen LogP contribution in [0, 0.1) is 11.6 Å². The van der Waals surface area contributed by atoms with Crippen molar-refractivity contribution in [3.63, 3.8) is 0 Å². The van der Waals surface area contributed by atoms with Crippen LogP contribution in [0.3, 0.4) is 0 Å². The Hall–Kier alpha value is -3.87. The Balaban J connectivity index is 0.000000537. The van der Waals surface area contributed by atoms with Gasteiger partial charge in [0.15, 0.2) is 0 Å². The van der Waals surface area contributed by atoms with Gasteiger partial charge in [-0.3, -0.25) is 4.18 Å². The van der Waals surface area contributed by atoms with Gasteiger partial charge in [0.1, 0.15) is 22.9 Å². The van der Waals surface area contributed by atoms with E-state index in [9.17, 15) is 21.8 Å². The van der Waals surface area contributed by atoms with Gasteiger partial charge in [-0.05, 0) is 97.6 Å². The van der Waals surface area contributed by atoms with Crippen LogP contribution >= 0.6 is 23.1 Å². The Labute approximate surface area is 276 Å². The third kappa shape index (κ3) is 7.91. The number of hydrogen-bond donors (Lipinski definition) is 0. The third-order valence-corrected chi connectivity index (χ3v) is 9.94. The number of aromatic nitrogens is 1. The minimum atomic E-state index is -4.42. The van der Waals surface area contributed by atoms with Crippen molar-refractivity contribution in [2.24, 2.45) is 0 Å². The molecule has 46 heavy (non-hydrogen) atoms. The van der Waals surface area contributed by atoms with Crippen LogP contribution < -0.4 is 9.47 Å². The molecule has 5 aromatic rings. The van der Waals surface area contributed by atoms with Gasteiger partial charge in [-0.15, -0.1) is 0 Å². The maximum atomic E-state index is 13.4. The highest BCUT2D eigenvalue weighted by Crippen LogP contribution is 2.47. The molecule has 0 saturated heterocycles. The molecule has 0 radical (unpaired) electrons. The molecule has 2 heterocycles. The average molecular weight is 679 g/mol. The summed E-state index contributed by atoms with van der Waals surface area (Å²) in [4.78, 5) is 3.53. The van der Waals surface area contributed by atoms with Crippen molar-refractivity contribution in [3.8, 4) is 22.3 Å². The summed E-state index contributed by atoms with van der Waals surface area (Å²) in [6, 6.07) is 26.2. The van der Waals surface area contributed by atoms with Crippen LogP contribution in [-0.4, -0.2) is 26.1 Å².